The Bertz CT molecular complexity index is 642. The number of nitrogens with zero attached hydrogens (tertiary/aromatic N) is 1. The number of carbonyl (C=O) groups is 1. The van der Waals surface area contributed by atoms with Crippen LogP contribution in [0, 0.1) is 0 Å². The normalized spacial score (nSPS) is 10.7. The lowest BCUT2D eigenvalue weighted by atomic mass is 10.0. The van der Waals surface area contributed by atoms with Gasteiger partial charge in [-0.15, -0.1) is 0 Å². The summed E-state index contributed by atoms with van der Waals surface area (Å²) in [4.78, 5) is 15.3. The quantitative estimate of drug-likeness (QED) is 0.575. The van der Waals surface area contributed by atoms with Crippen LogP contribution >= 0.6 is 34.8 Å². The van der Waals surface area contributed by atoms with Crippen molar-refractivity contribution in [1.82, 2.24) is 4.98 Å². The maximum absolute atomic E-state index is 12.0. The minimum Gasteiger partial charge on any atom is -0.462 e. The van der Waals surface area contributed by atoms with E-state index in [1.54, 1.807) is 31.3 Å². The van der Waals surface area contributed by atoms with Gasteiger partial charge in [0.05, 0.1) is 17.9 Å². The molecule has 0 saturated heterocycles. The van der Waals surface area contributed by atoms with Gasteiger partial charge in [-0.25, -0.2) is 4.79 Å². The Labute approximate surface area is 137 Å². The van der Waals surface area contributed by atoms with Gasteiger partial charge in [0, 0.05) is 16.8 Å². The third-order valence-electron chi connectivity index (χ3n) is 2.80. The van der Waals surface area contributed by atoms with Gasteiger partial charge in [0.25, 0.3) is 0 Å². The van der Waals surface area contributed by atoms with Crippen LogP contribution in [0.4, 0.5) is 0 Å². The van der Waals surface area contributed by atoms with Crippen LogP contribution in [-0.2, 0) is 4.74 Å². The Morgan fingerprint density at radius 2 is 1.90 bits per heavy atom. The van der Waals surface area contributed by atoms with E-state index < -0.39 is 10.8 Å². The number of rotatable bonds is 4. The molecule has 110 valence electrons. The van der Waals surface area contributed by atoms with Crippen molar-refractivity contribution in [1.29, 1.82) is 0 Å². The number of esters is 1. The second-order valence-corrected chi connectivity index (χ2v) is 5.72. The fraction of sp³-hybridized carbons (Fsp3) is 0.200. The van der Waals surface area contributed by atoms with Gasteiger partial charge >= 0.3 is 5.97 Å². The molecule has 0 aliphatic heterocycles. The summed E-state index contributed by atoms with van der Waals surface area (Å²) in [6.45, 7) is 1.99. The Kier molecular flexibility index (Phi) is 5.45. The third-order valence-corrected chi connectivity index (χ3v) is 3.46. The molecule has 2 aromatic rings. The van der Waals surface area contributed by atoms with Crippen molar-refractivity contribution in [2.45, 2.75) is 11.8 Å². The number of hydrogen-bond acceptors (Lipinski definition) is 3. The summed E-state index contributed by atoms with van der Waals surface area (Å²) in [7, 11) is 0. The van der Waals surface area contributed by atoms with Crippen molar-refractivity contribution in [3.05, 3.63) is 52.8 Å². The predicted octanol–water partition coefficient (Wildman–Crippen LogP) is 5.05. The van der Waals surface area contributed by atoms with Crippen LogP contribution < -0.4 is 0 Å². The Balaban J connectivity index is 2.48. The topological polar surface area (TPSA) is 39.2 Å². The molecular formula is C15H12Cl3NO2. The van der Waals surface area contributed by atoms with E-state index >= 15 is 0 Å². The first-order valence-electron chi connectivity index (χ1n) is 6.24. The van der Waals surface area contributed by atoms with Crippen LogP contribution in [0.2, 0.25) is 5.02 Å². The Morgan fingerprint density at radius 1 is 1.24 bits per heavy atom. The number of halogens is 3. The molecule has 0 N–H and O–H groups in total. The average molecular weight is 345 g/mol. The van der Waals surface area contributed by atoms with Crippen LogP contribution in [0.25, 0.3) is 11.1 Å². The molecule has 1 aromatic carbocycles. The molecule has 0 aliphatic rings. The van der Waals surface area contributed by atoms with E-state index in [1.165, 1.54) is 0 Å². The van der Waals surface area contributed by atoms with Gasteiger partial charge in [0.2, 0.25) is 0 Å². The molecule has 0 radical (unpaired) electrons. The molecular weight excluding hydrogens is 333 g/mol. The van der Waals surface area contributed by atoms with Crippen molar-refractivity contribution in [3.63, 3.8) is 0 Å². The van der Waals surface area contributed by atoms with Crippen LogP contribution in [0.1, 0.15) is 27.8 Å². The molecule has 0 saturated carbocycles. The fourth-order valence-electron chi connectivity index (χ4n) is 1.82. The van der Waals surface area contributed by atoms with Gasteiger partial charge in [-0.3, -0.25) is 4.98 Å². The molecule has 6 heteroatoms. The Hall–Kier alpha value is -1.29. The van der Waals surface area contributed by atoms with Crippen molar-refractivity contribution < 1.29 is 9.53 Å². The first kappa shape index (κ1) is 16.1. The van der Waals surface area contributed by atoms with Gasteiger partial charge in [-0.05, 0) is 30.7 Å². The summed E-state index contributed by atoms with van der Waals surface area (Å²) in [6, 6.07) is 8.88. The predicted molar refractivity (Wildman–Crippen MR) is 85.1 cm³/mol. The van der Waals surface area contributed by atoms with Crippen LogP contribution in [0.15, 0.2) is 36.5 Å². The molecule has 0 amide bonds. The highest BCUT2D eigenvalue weighted by atomic mass is 35.5. The lowest BCUT2D eigenvalue weighted by Gasteiger charge is -2.11. The van der Waals surface area contributed by atoms with Gasteiger partial charge < -0.3 is 4.74 Å². The number of hydrogen-bond donors (Lipinski definition) is 0. The summed E-state index contributed by atoms with van der Waals surface area (Å²) in [5.41, 5.74) is 2.19. The van der Waals surface area contributed by atoms with Crippen molar-refractivity contribution in [2.75, 3.05) is 6.61 Å². The van der Waals surface area contributed by atoms with Gasteiger partial charge in [0.15, 0.2) is 0 Å². The van der Waals surface area contributed by atoms with Gasteiger partial charge in [-0.2, -0.15) is 0 Å². The van der Waals surface area contributed by atoms with E-state index in [0.29, 0.717) is 5.02 Å². The molecule has 3 nitrogen and oxygen atoms in total. The number of carbonyl (C=O) groups excluding carboxylic acids is 1. The zero-order chi connectivity index (χ0) is 15.4. The Morgan fingerprint density at radius 3 is 2.48 bits per heavy atom. The summed E-state index contributed by atoms with van der Waals surface area (Å²) in [5.74, 6) is -0.498. The fourth-order valence-corrected chi connectivity index (χ4v) is 2.30. The standard InChI is InChI=1S/C15H12Cl3NO2/c1-2-21-15(20)12-7-10(8-19-13(12)14(17)18)9-3-5-11(16)6-4-9/h3-8,14H,2H2,1H3. The monoisotopic (exact) mass is 343 g/mol. The maximum atomic E-state index is 12.0. The van der Waals surface area contributed by atoms with Gasteiger partial charge in [-0.1, -0.05) is 46.9 Å². The molecule has 21 heavy (non-hydrogen) atoms. The van der Waals surface area contributed by atoms with Crippen molar-refractivity contribution in [2.24, 2.45) is 0 Å². The number of aromatic nitrogens is 1. The van der Waals surface area contributed by atoms with E-state index in [0.717, 1.165) is 11.1 Å². The zero-order valence-electron chi connectivity index (χ0n) is 11.1. The van der Waals surface area contributed by atoms with Crippen LogP contribution in [-0.4, -0.2) is 17.6 Å². The number of ether oxygens (including phenoxy) is 1. The summed E-state index contributed by atoms with van der Waals surface area (Å²) >= 11 is 17.6. The molecule has 0 atom stereocenters. The molecule has 0 spiro atoms. The zero-order valence-corrected chi connectivity index (χ0v) is 13.4. The molecule has 1 aromatic heterocycles. The van der Waals surface area contributed by atoms with Crippen molar-refractivity contribution >= 4 is 40.8 Å². The van der Waals surface area contributed by atoms with E-state index in [4.69, 9.17) is 39.5 Å². The van der Waals surface area contributed by atoms with Crippen LogP contribution in [0.3, 0.4) is 0 Å². The number of benzene rings is 1. The number of alkyl halides is 2. The van der Waals surface area contributed by atoms with Gasteiger partial charge in [0.1, 0.15) is 4.84 Å². The molecule has 0 unspecified atom stereocenters. The van der Waals surface area contributed by atoms with E-state index in [1.807, 2.05) is 12.1 Å². The lowest BCUT2D eigenvalue weighted by Crippen LogP contribution is -2.10. The SMILES string of the molecule is CCOC(=O)c1cc(-c2ccc(Cl)cc2)cnc1C(Cl)Cl. The largest absolute Gasteiger partial charge is 0.462 e. The summed E-state index contributed by atoms with van der Waals surface area (Å²) < 4.78 is 5.01. The van der Waals surface area contributed by atoms with Crippen LogP contribution in [0.5, 0.6) is 0 Å². The second kappa shape index (κ2) is 7.12. The smallest absolute Gasteiger partial charge is 0.340 e. The molecule has 0 aliphatic carbocycles. The minimum absolute atomic E-state index is 0.263. The maximum Gasteiger partial charge on any atom is 0.340 e. The first-order chi connectivity index (χ1) is 10.0. The second-order valence-electron chi connectivity index (χ2n) is 4.18. The minimum atomic E-state index is -0.899. The molecule has 0 fully saturated rings. The molecule has 0 bridgehead atoms. The van der Waals surface area contributed by atoms with E-state index in [2.05, 4.69) is 4.98 Å². The highest BCUT2D eigenvalue weighted by molar-refractivity contribution is 6.44. The highest BCUT2D eigenvalue weighted by Gasteiger charge is 2.19. The average Bonchev–Trinajstić information content (AvgIpc) is 2.47. The third kappa shape index (κ3) is 3.88. The molecule has 2 rings (SSSR count). The summed E-state index contributed by atoms with van der Waals surface area (Å²) in [5, 5.41) is 0.635. The van der Waals surface area contributed by atoms with E-state index in [9.17, 15) is 4.79 Å². The first-order valence-corrected chi connectivity index (χ1v) is 7.49. The number of pyridine rings is 1. The lowest BCUT2D eigenvalue weighted by molar-refractivity contribution is 0.0525. The van der Waals surface area contributed by atoms with Crippen molar-refractivity contribution in [3.8, 4) is 11.1 Å². The highest BCUT2D eigenvalue weighted by Crippen LogP contribution is 2.30. The van der Waals surface area contributed by atoms with E-state index in [-0.39, 0.29) is 17.9 Å². The molecule has 1 heterocycles. The summed E-state index contributed by atoms with van der Waals surface area (Å²) in [6.07, 6.45) is 1.61.